The molecule has 6 rings (SSSR count). The molecule has 1 N–H and O–H groups in total. The molecule has 4 heterocycles. The molecule has 3 aliphatic rings. The maximum atomic E-state index is 13.3. The number of halogens is 5. The van der Waals surface area contributed by atoms with Gasteiger partial charge < -0.3 is 10.0 Å². The normalized spacial score (nSPS) is 24.8. The van der Waals surface area contributed by atoms with Crippen molar-refractivity contribution in [3.63, 3.8) is 0 Å². The smallest absolute Gasteiger partial charge is 0.380 e. The lowest BCUT2D eigenvalue weighted by Crippen LogP contribution is -2.61. The molecule has 7 nitrogen and oxygen atoms in total. The number of anilines is 1. The first kappa shape index (κ1) is 24.6. The van der Waals surface area contributed by atoms with Crippen LogP contribution in [0.3, 0.4) is 0 Å². The van der Waals surface area contributed by atoms with Gasteiger partial charge >= 0.3 is 6.18 Å². The van der Waals surface area contributed by atoms with Gasteiger partial charge in [-0.15, -0.1) is 10.2 Å². The van der Waals surface area contributed by atoms with E-state index in [1.165, 1.54) is 12.3 Å². The van der Waals surface area contributed by atoms with E-state index in [0.717, 1.165) is 48.8 Å². The quantitative estimate of drug-likeness (QED) is 0.493. The van der Waals surface area contributed by atoms with Gasteiger partial charge in [-0.05, 0) is 48.7 Å². The zero-order valence-corrected chi connectivity index (χ0v) is 20.6. The lowest BCUT2D eigenvalue weighted by molar-refractivity contribution is -0.300. The Kier molecular flexibility index (Phi) is 5.92. The van der Waals surface area contributed by atoms with Crippen LogP contribution in [0, 0.1) is 5.82 Å². The number of hydrogen-bond acceptors (Lipinski definition) is 6. The highest BCUT2D eigenvalue weighted by Crippen LogP contribution is 2.48. The zero-order chi connectivity index (χ0) is 25.9. The van der Waals surface area contributed by atoms with Crippen LogP contribution in [0.2, 0.25) is 5.02 Å². The van der Waals surface area contributed by atoms with Crippen molar-refractivity contribution < 1.29 is 22.7 Å². The molecular weight excluding hydrogens is 512 g/mol. The highest BCUT2D eigenvalue weighted by molar-refractivity contribution is 6.30. The molecule has 1 aliphatic carbocycles. The van der Waals surface area contributed by atoms with Crippen molar-refractivity contribution in [2.75, 3.05) is 18.0 Å². The first-order valence-corrected chi connectivity index (χ1v) is 12.6. The summed E-state index contributed by atoms with van der Waals surface area (Å²) >= 11 is 6.30. The third-order valence-electron chi connectivity index (χ3n) is 7.84. The summed E-state index contributed by atoms with van der Waals surface area (Å²) in [4.78, 5) is 8.23. The molecule has 3 aromatic rings. The number of rotatable bonds is 3. The number of pyridine rings is 1. The molecule has 0 spiro atoms. The summed E-state index contributed by atoms with van der Waals surface area (Å²) < 4.78 is 55.1. The van der Waals surface area contributed by atoms with E-state index in [9.17, 15) is 22.7 Å². The molecule has 0 amide bonds. The molecule has 0 unspecified atom stereocenters. The van der Waals surface area contributed by atoms with E-state index in [-0.39, 0.29) is 24.6 Å². The second-order valence-electron chi connectivity index (χ2n) is 10.2. The number of aromatic nitrogens is 4. The van der Waals surface area contributed by atoms with E-state index in [0.29, 0.717) is 23.9 Å². The van der Waals surface area contributed by atoms with Gasteiger partial charge in [0.2, 0.25) is 0 Å². The van der Waals surface area contributed by atoms with Crippen molar-refractivity contribution in [1.29, 1.82) is 0 Å². The van der Waals surface area contributed by atoms with E-state index in [1.807, 2.05) is 21.6 Å². The predicted octanol–water partition coefficient (Wildman–Crippen LogP) is 4.61. The first-order chi connectivity index (χ1) is 17.6. The van der Waals surface area contributed by atoms with Crippen LogP contribution >= 0.6 is 11.6 Å². The Morgan fingerprint density at radius 2 is 1.78 bits per heavy atom. The molecule has 0 radical (unpaired) electrons. The van der Waals surface area contributed by atoms with E-state index >= 15 is 0 Å². The fourth-order valence-electron chi connectivity index (χ4n) is 5.70. The SMILES string of the molecule is OC1(C(F)(F)F)CC(N2Cc3cc(Cl)ccc3-n3c(nnc3C3CCN(c4ccc(F)cn4)CC3)C2)C1. The van der Waals surface area contributed by atoms with Crippen LogP contribution < -0.4 is 4.90 Å². The van der Waals surface area contributed by atoms with Crippen molar-refractivity contribution in [2.45, 2.75) is 62.5 Å². The second-order valence-corrected chi connectivity index (χ2v) is 10.6. The highest BCUT2D eigenvalue weighted by atomic mass is 35.5. The number of benzene rings is 1. The molecular formula is C25H25ClF4N6O. The maximum absolute atomic E-state index is 13.3. The fourth-order valence-corrected chi connectivity index (χ4v) is 5.90. The van der Waals surface area contributed by atoms with Gasteiger partial charge in [0.1, 0.15) is 17.5 Å². The second kappa shape index (κ2) is 8.92. The van der Waals surface area contributed by atoms with Gasteiger partial charge in [0.05, 0.1) is 18.4 Å². The van der Waals surface area contributed by atoms with E-state index in [2.05, 4.69) is 20.1 Å². The number of hydrogen-bond donors (Lipinski definition) is 1. The third-order valence-corrected chi connectivity index (χ3v) is 8.08. The van der Waals surface area contributed by atoms with Gasteiger partial charge in [0, 0.05) is 49.5 Å². The number of piperidine rings is 1. The summed E-state index contributed by atoms with van der Waals surface area (Å²) in [5.41, 5.74) is -0.898. The Morgan fingerprint density at radius 3 is 2.46 bits per heavy atom. The lowest BCUT2D eigenvalue weighted by atomic mass is 9.74. The summed E-state index contributed by atoms with van der Waals surface area (Å²) in [5, 5.41) is 19.6. The highest BCUT2D eigenvalue weighted by Gasteiger charge is 2.62. The van der Waals surface area contributed by atoms with Crippen LogP contribution in [0.1, 0.15) is 48.8 Å². The van der Waals surface area contributed by atoms with Crippen molar-refractivity contribution in [1.82, 2.24) is 24.6 Å². The standard InChI is InChI=1S/C25H25ClF4N6O/c26-17-1-3-20-16(9-17)13-35(19-10-24(37,11-19)25(28,29)30)14-22-32-33-23(36(20)22)15-5-7-34(8-6-15)21-4-2-18(27)12-31-21/h1-4,9,12,15,19,37H,5-8,10-11,13-14H2. The van der Waals surface area contributed by atoms with Gasteiger partial charge in [-0.1, -0.05) is 11.6 Å². The average molecular weight is 537 g/mol. The Hall–Kier alpha value is -2.76. The predicted molar refractivity (Wildman–Crippen MR) is 128 cm³/mol. The number of nitrogens with zero attached hydrogens (tertiary/aromatic N) is 6. The zero-order valence-electron chi connectivity index (χ0n) is 19.8. The lowest BCUT2D eigenvalue weighted by Gasteiger charge is -2.48. The van der Waals surface area contributed by atoms with Crippen LogP contribution in [0.4, 0.5) is 23.4 Å². The molecule has 2 aromatic heterocycles. The number of alkyl halides is 3. The van der Waals surface area contributed by atoms with Crippen molar-refractivity contribution in [2.24, 2.45) is 0 Å². The van der Waals surface area contributed by atoms with Gasteiger partial charge in [-0.3, -0.25) is 9.47 Å². The van der Waals surface area contributed by atoms with Crippen molar-refractivity contribution in [3.05, 3.63) is 64.6 Å². The first-order valence-electron chi connectivity index (χ1n) is 12.2. The Labute approximate surface area is 215 Å². The summed E-state index contributed by atoms with van der Waals surface area (Å²) in [6.07, 6.45) is -2.59. The topological polar surface area (TPSA) is 70.3 Å². The minimum Gasteiger partial charge on any atom is -0.380 e. The molecule has 1 aromatic carbocycles. The van der Waals surface area contributed by atoms with E-state index in [4.69, 9.17) is 11.6 Å². The monoisotopic (exact) mass is 536 g/mol. The Balaban J connectivity index is 1.26. The molecule has 12 heteroatoms. The Morgan fingerprint density at radius 1 is 1.03 bits per heavy atom. The maximum Gasteiger partial charge on any atom is 0.417 e. The molecule has 37 heavy (non-hydrogen) atoms. The summed E-state index contributed by atoms with van der Waals surface area (Å²) in [5.74, 6) is 1.94. The van der Waals surface area contributed by atoms with E-state index in [1.54, 1.807) is 12.1 Å². The van der Waals surface area contributed by atoms with Crippen molar-refractivity contribution >= 4 is 17.4 Å². The van der Waals surface area contributed by atoms with Crippen LogP contribution in [0.15, 0.2) is 36.5 Å². The van der Waals surface area contributed by atoms with E-state index < -0.39 is 17.8 Å². The molecule has 1 saturated carbocycles. The number of aliphatic hydroxyl groups is 1. The van der Waals surface area contributed by atoms with Crippen LogP contribution in [0.25, 0.3) is 5.69 Å². The van der Waals surface area contributed by atoms with Gasteiger partial charge in [-0.2, -0.15) is 13.2 Å². The summed E-state index contributed by atoms with van der Waals surface area (Å²) in [7, 11) is 0. The Bertz CT molecular complexity index is 1300. The largest absolute Gasteiger partial charge is 0.417 e. The fraction of sp³-hybridized carbons (Fsp3) is 0.480. The van der Waals surface area contributed by atoms with Crippen molar-refractivity contribution in [3.8, 4) is 5.69 Å². The minimum atomic E-state index is -4.65. The van der Waals surface area contributed by atoms with Gasteiger partial charge in [0.15, 0.2) is 11.4 Å². The molecule has 0 bridgehead atoms. The van der Waals surface area contributed by atoms with Crippen LogP contribution in [0.5, 0.6) is 0 Å². The third kappa shape index (κ3) is 4.36. The summed E-state index contributed by atoms with van der Waals surface area (Å²) in [6.45, 7) is 2.16. The molecule has 0 atom stereocenters. The van der Waals surface area contributed by atoms with Gasteiger partial charge in [-0.25, -0.2) is 9.37 Å². The molecule has 1 saturated heterocycles. The average Bonchev–Trinajstić information content (AvgIpc) is 3.18. The summed E-state index contributed by atoms with van der Waals surface area (Å²) in [6, 6.07) is 8.17. The van der Waals surface area contributed by atoms with Crippen LogP contribution in [-0.2, 0) is 13.1 Å². The van der Waals surface area contributed by atoms with Gasteiger partial charge in [0.25, 0.3) is 0 Å². The van der Waals surface area contributed by atoms with Crippen LogP contribution in [-0.4, -0.2) is 60.7 Å². The molecule has 196 valence electrons. The number of fused-ring (bicyclic) bond motifs is 3. The molecule has 2 aliphatic heterocycles. The molecule has 2 fully saturated rings. The minimum absolute atomic E-state index is 0.118.